The highest BCUT2D eigenvalue weighted by Gasteiger charge is 2.35. The van der Waals surface area contributed by atoms with Crippen LogP contribution in [0.1, 0.15) is 13.3 Å². The van der Waals surface area contributed by atoms with Crippen LogP contribution in [0.2, 0.25) is 0 Å². The molecule has 0 spiro atoms. The summed E-state index contributed by atoms with van der Waals surface area (Å²) in [4.78, 5) is 11.5. The maximum atomic E-state index is 11.5. The Balaban J connectivity index is 2.28. The largest absolute Gasteiger partial charge is 0.311 e. The first-order valence-electron chi connectivity index (χ1n) is 4.84. The highest BCUT2D eigenvalue weighted by molar-refractivity contribution is 5.82. The Morgan fingerprint density at radius 1 is 1.57 bits per heavy atom. The Morgan fingerprint density at radius 2 is 2.29 bits per heavy atom. The van der Waals surface area contributed by atoms with Gasteiger partial charge in [0.15, 0.2) is 0 Å². The van der Waals surface area contributed by atoms with Crippen molar-refractivity contribution in [3.63, 3.8) is 0 Å². The molecule has 0 saturated carbocycles. The van der Waals surface area contributed by atoms with Crippen LogP contribution in [0.5, 0.6) is 0 Å². The lowest BCUT2D eigenvalue weighted by atomic mass is 9.96. The lowest BCUT2D eigenvalue weighted by molar-refractivity contribution is -0.124. The van der Waals surface area contributed by atoms with Crippen LogP contribution in [-0.2, 0) is 4.79 Å². The molecule has 14 heavy (non-hydrogen) atoms. The Bertz CT molecular complexity index is 299. The van der Waals surface area contributed by atoms with Crippen molar-refractivity contribution in [1.29, 1.82) is 0 Å². The molecule has 0 fully saturated rings. The summed E-state index contributed by atoms with van der Waals surface area (Å²) in [5.74, 6) is 1.08. The first-order chi connectivity index (χ1) is 6.63. The summed E-state index contributed by atoms with van der Waals surface area (Å²) in [5, 5.41) is 7.93. The van der Waals surface area contributed by atoms with Gasteiger partial charge in [-0.15, -0.1) is 0 Å². The van der Waals surface area contributed by atoms with Crippen molar-refractivity contribution in [2.75, 3.05) is 14.1 Å². The van der Waals surface area contributed by atoms with Gasteiger partial charge in [0.1, 0.15) is 12.0 Å². The van der Waals surface area contributed by atoms with E-state index in [-0.39, 0.29) is 18.0 Å². The van der Waals surface area contributed by atoms with Crippen molar-refractivity contribution in [1.82, 2.24) is 21.1 Å². The highest BCUT2D eigenvalue weighted by Crippen LogP contribution is 2.27. The molecule has 0 aromatic carbocycles. The second-order valence-corrected chi connectivity index (χ2v) is 3.88. The van der Waals surface area contributed by atoms with Crippen molar-refractivity contribution in [2.45, 2.75) is 19.5 Å². The predicted molar refractivity (Wildman–Crippen MR) is 52.7 cm³/mol. The van der Waals surface area contributed by atoms with E-state index in [0.717, 1.165) is 12.2 Å². The number of nitrogens with zero attached hydrogens (tertiary/aromatic N) is 1. The second-order valence-electron chi connectivity index (χ2n) is 3.88. The maximum absolute atomic E-state index is 11.5. The van der Waals surface area contributed by atoms with Crippen LogP contribution in [0.25, 0.3) is 0 Å². The molecule has 0 radical (unpaired) electrons. The number of rotatable bonds is 1. The Morgan fingerprint density at radius 3 is 2.93 bits per heavy atom. The normalized spacial score (nSPS) is 31.9. The molecule has 3 N–H and O–H groups in total. The van der Waals surface area contributed by atoms with Crippen molar-refractivity contribution < 1.29 is 4.79 Å². The van der Waals surface area contributed by atoms with Crippen LogP contribution in [0, 0.1) is 5.92 Å². The minimum absolute atomic E-state index is 0.0675. The Hall–Kier alpha value is -1.07. The van der Waals surface area contributed by atoms with E-state index >= 15 is 0 Å². The van der Waals surface area contributed by atoms with Gasteiger partial charge in [-0.25, -0.2) is 5.43 Å². The summed E-state index contributed by atoms with van der Waals surface area (Å²) in [6.45, 7) is 1.95. The zero-order valence-corrected chi connectivity index (χ0v) is 8.72. The van der Waals surface area contributed by atoms with Gasteiger partial charge in [0, 0.05) is 18.5 Å². The smallest absolute Gasteiger partial charge is 0.228 e. The third kappa shape index (κ3) is 1.29. The van der Waals surface area contributed by atoms with Gasteiger partial charge in [-0.3, -0.25) is 9.80 Å². The molecule has 2 heterocycles. The van der Waals surface area contributed by atoms with Gasteiger partial charge < -0.3 is 10.6 Å². The van der Waals surface area contributed by atoms with Crippen molar-refractivity contribution in [3.8, 4) is 0 Å². The van der Waals surface area contributed by atoms with Crippen LogP contribution in [0.3, 0.4) is 0 Å². The molecule has 2 aliphatic rings. The summed E-state index contributed by atoms with van der Waals surface area (Å²) >= 11 is 0. The number of hydrogen-bond acceptors (Lipinski definition) is 4. The van der Waals surface area contributed by atoms with Gasteiger partial charge in [-0.2, -0.15) is 0 Å². The van der Waals surface area contributed by atoms with Crippen molar-refractivity contribution >= 4 is 5.91 Å². The van der Waals surface area contributed by atoms with Gasteiger partial charge in [-0.05, 0) is 13.5 Å². The molecule has 0 saturated heterocycles. The molecule has 5 heteroatoms. The van der Waals surface area contributed by atoms with Crippen LogP contribution >= 0.6 is 0 Å². The second kappa shape index (κ2) is 3.25. The fourth-order valence-corrected chi connectivity index (χ4v) is 1.97. The zero-order valence-electron chi connectivity index (χ0n) is 8.72. The highest BCUT2D eigenvalue weighted by atomic mass is 16.2. The van der Waals surface area contributed by atoms with E-state index in [2.05, 4.69) is 16.1 Å². The zero-order chi connectivity index (χ0) is 10.3. The van der Waals surface area contributed by atoms with E-state index in [1.165, 1.54) is 5.57 Å². The topological polar surface area (TPSA) is 56.4 Å². The van der Waals surface area contributed by atoms with E-state index in [1.54, 1.807) is 0 Å². The standard InChI is InChI=1S/C9H16N4O/c1-5-4-6-7(10-2)12-13(3)8(6)11-9(5)14/h5,7,10,12H,4H2,1-3H3,(H,11,14). The molecule has 1 amide bonds. The number of hydrazine groups is 1. The van der Waals surface area contributed by atoms with Crippen LogP contribution in [-0.4, -0.2) is 31.2 Å². The average molecular weight is 196 g/mol. The summed E-state index contributed by atoms with van der Waals surface area (Å²) in [5.41, 5.74) is 4.46. The van der Waals surface area contributed by atoms with Crippen LogP contribution in [0.4, 0.5) is 0 Å². The molecule has 2 unspecified atom stereocenters. The first kappa shape index (κ1) is 9.48. The third-order valence-electron chi connectivity index (χ3n) is 2.81. The number of carbonyl (C=O) groups is 1. The molecule has 2 rings (SSSR count). The molecule has 0 aliphatic carbocycles. The van der Waals surface area contributed by atoms with Crippen LogP contribution in [0.15, 0.2) is 11.4 Å². The monoisotopic (exact) mass is 196 g/mol. The van der Waals surface area contributed by atoms with E-state index in [9.17, 15) is 4.79 Å². The van der Waals surface area contributed by atoms with Gasteiger partial charge >= 0.3 is 0 Å². The first-order valence-corrected chi connectivity index (χ1v) is 4.84. The lowest BCUT2D eigenvalue weighted by Crippen LogP contribution is -2.43. The molecule has 0 aromatic heterocycles. The van der Waals surface area contributed by atoms with Gasteiger partial charge in [0.05, 0.1) is 0 Å². The fourth-order valence-electron chi connectivity index (χ4n) is 1.97. The number of nitrogens with one attached hydrogen (secondary N) is 3. The summed E-state index contributed by atoms with van der Waals surface area (Å²) in [6.07, 6.45) is 0.974. The molecule has 5 nitrogen and oxygen atoms in total. The molecular weight excluding hydrogens is 180 g/mol. The third-order valence-corrected chi connectivity index (χ3v) is 2.81. The molecule has 0 bridgehead atoms. The Kier molecular flexibility index (Phi) is 2.20. The lowest BCUT2D eigenvalue weighted by Gasteiger charge is -2.23. The Labute approximate surface area is 83.5 Å². The average Bonchev–Trinajstić information content (AvgIpc) is 2.45. The van der Waals surface area contributed by atoms with E-state index in [1.807, 2.05) is 26.0 Å². The van der Waals surface area contributed by atoms with E-state index in [4.69, 9.17) is 0 Å². The summed E-state index contributed by atoms with van der Waals surface area (Å²) in [6, 6.07) is 0. The predicted octanol–water partition coefficient (Wildman–Crippen LogP) is -0.651. The quantitative estimate of drug-likeness (QED) is 0.521. The van der Waals surface area contributed by atoms with Crippen LogP contribution < -0.4 is 16.1 Å². The fraction of sp³-hybridized carbons (Fsp3) is 0.667. The minimum atomic E-state index is 0.0675. The van der Waals surface area contributed by atoms with Gasteiger partial charge in [0.2, 0.25) is 5.91 Å². The maximum Gasteiger partial charge on any atom is 0.228 e. The van der Waals surface area contributed by atoms with Gasteiger partial charge in [-0.1, -0.05) is 6.92 Å². The molecule has 0 aromatic rings. The summed E-state index contributed by atoms with van der Waals surface area (Å²) in [7, 11) is 3.81. The molecular formula is C9H16N4O. The van der Waals surface area contributed by atoms with Gasteiger partial charge in [0.25, 0.3) is 0 Å². The summed E-state index contributed by atoms with van der Waals surface area (Å²) < 4.78 is 0. The van der Waals surface area contributed by atoms with Crippen molar-refractivity contribution in [2.24, 2.45) is 5.92 Å². The minimum Gasteiger partial charge on any atom is -0.311 e. The van der Waals surface area contributed by atoms with E-state index < -0.39 is 0 Å². The van der Waals surface area contributed by atoms with E-state index in [0.29, 0.717) is 0 Å². The molecule has 2 atom stereocenters. The number of amides is 1. The molecule has 2 aliphatic heterocycles. The SMILES string of the molecule is CNC1NN(C)C2=C1CC(C)C(=O)N2. The molecule has 78 valence electrons. The number of likely N-dealkylation sites (N-methyl/N-ethyl adjacent to an activating group) is 1. The number of carbonyl (C=O) groups excluding carboxylic acids is 1. The van der Waals surface area contributed by atoms with Crippen molar-refractivity contribution in [3.05, 3.63) is 11.4 Å². The number of hydrogen-bond donors (Lipinski definition) is 3.